The van der Waals surface area contributed by atoms with Crippen LogP contribution < -0.4 is 11.1 Å². The van der Waals surface area contributed by atoms with E-state index in [2.05, 4.69) is 15.5 Å². The van der Waals surface area contributed by atoms with Gasteiger partial charge >= 0.3 is 6.18 Å². The first-order chi connectivity index (χ1) is 7.25. The van der Waals surface area contributed by atoms with Crippen molar-refractivity contribution in [3.8, 4) is 0 Å². The van der Waals surface area contributed by atoms with Crippen LogP contribution >= 0.6 is 0 Å². The van der Waals surface area contributed by atoms with Crippen molar-refractivity contribution in [1.82, 2.24) is 15.5 Å². The van der Waals surface area contributed by atoms with Gasteiger partial charge in [0.15, 0.2) is 5.54 Å². The Hall–Kier alpha value is -1.57. The fraction of sp³-hybridized carbons (Fsp3) is 0.500. The first-order valence-corrected chi connectivity index (χ1v) is 4.37. The van der Waals surface area contributed by atoms with E-state index < -0.39 is 17.6 Å². The van der Waals surface area contributed by atoms with Crippen LogP contribution in [0.5, 0.6) is 0 Å². The van der Waals surface area contributed by atoms with Crippen LogP contribution in [0.15, 0.2) is 12.3 Å². The lowest BCUT2D eigenvalue weighted by molar-refractivity contribution is -0.187. The number of amides is 1. The van der Waals surface area contributed by atoms with Gasteiger partial charge in [-0.15, -0.1) is 0 Å². The van der Waals surface area contributed by atoms with E-state index >= 15 is 0 Å². The molecule has 0 saturated heterocycles. The molecule has 4 N–H and O–H groups in total. The number of rotatable bonds is 3. The second-order valence-corrected chi connectivity index (χ2v) is 3.46. The number of carbonyl (C=O) groups excluding carboxylic acids is 1. The van der Waals surface area contributed by atoms with Crippen LogP contribution in [0.25, 0.3) is 0 Å². The number of H-pyrrole nitrogens is 1. The molecule has 1 unspecified atom stereocenters. The second kappa shape index (κ2) is 4.12. The topological polar surface area (TPSA) is 83.8 Å². The molecule has 0 aromatic carbocycles. The number of hydrogen-bond donors (Lipinski definition) is 3. The summed E-state index contributed by atoms with van der Waals surface area (Å²) in [6.07, 6.45) is -3.36. The Morgan fingerprint density at radius 2 is 2.25 bits per heavy atom. The number of hydrogen-bond acceptors (Lipinski definition) is 3. The van der Waals surface area contributed by atoms with Crippen molar-refractivity contribution in [2.75, 3.05) is 0 Å². The lowest BCUT2D eigenvalue weighted by Gasteiger charge is -2.25. The molecular formula is C8H11F3N4O. The lowest BCUT2D eigenvalue weighted by atomic mass is 10.0. The molecular weight excluding hydrogens is 225 g/mol. The lowest BCUT2D eigenvalue weighted by Crippen LogP contribution is -2.61. The zero-order chi connectivity index (χ0) is 12.4. The summed E-state index contributed by atoms with van der Waals surface area (Å²) in [5, 5.41) is 8.15. The van der Waals surface area contributed by atoms with Gasteiger partial charge < -0.3 is 11.1 Å². The van der Waals surface area contributed by atoms with Gasteiger partial charge in [-0.05, 0) is 13.0 Å². The van der Waals surface area contributed by atoms with Crippen LogP contribution in [0.1, 0.15) is 12.6 Å². The monoisotopic (exact) mass is 236 g/mol. The van der Waals surface area contributed by atoms with Crippen LogP contribution in [-0.4, -0.2) is 27.8 Å². The molecule has 0 fully saturated rings. The highest BCUT2D eigenvalue weighted by Crippen LogP contribution is 2.27. The van der Waals surface area contributed by atoms with E-state index in [-0.39, 0.29) is 6.54 Å². The number of carbonyl (C=O) groups is 1. The molecule has 1 aromatic heterocycles. The number of aromatic nitrogens is 2. The molecule has 0 saturated carbocycles. The summed E-state index contributed by atoms with van der Waals surface area (Å²) in [6.45, 7) is 0.539. The number of nitrogens with two attached hydrogens (primary N) is 1. The fourth-order valence-electron chi connectivity index (χ4n) is 0.871. The van der Waals surface area contributed by atoms with Crippen molar-refractivity contribution in [1.29, 1.82) is 0 Å². The van der Waals surface area contributed by atoms with Crippen LogP contribution in [-0.2, 0) is 11.3 Å². The largest absolute Gasteiger partial charge is 0.415 e. The standard InChI is InChI=1S/C8H11F3N4O/c1-7(12,8(9,10)11)6(16)13-4-5-2-3-14-15-5/h2-3H,4,12H2,1H3,(H,13,16)(H,14,15). The molecule has 1 atom stereocenters. The molecule has 0 bridgehead atoms. The fourth-order valence-corrected chi connectivity index (χ4v) is 0.871. The number of aromatic amines is 1. The molecule has 16 heavy (non-hydrogen) atoms. The molecule has 0 spiro atoms. The minimum atomic E-state index is -4.79. The van der Waals surface area contributed by atoms with E-state index in [9.17, 15) is 18.0 Å². The van der Waals surface area contributed by atoms with E-state index in [4.69, 9.17) is 5.73 Å². The van der Waals surface area contributed by atoms with Gasteiger partial charge in [-0.3, -0.25) is 9.89 Å². The quantitative estimate of drug-likeness (QED) is 0.706. The third-order valence-corrected chi connectivity index (χ3v) is 2.06. The van der Waals surface area contributed by atoms with Gasteiger partial charge in [0.1, 0.15) is 0 Å². The van der Waals surface area contributed by atoms with Gasteiger partial charge in [-0.2, -0.15) is 18.3 Å². The van der Waals surface area contributed by atoms with Crippen LogP contribution in [0.3, 0.4) is 0 Å². The molecule has 90 valence electrons. The molecule has 0 aliphatic rings. The van der Waals surface area contributed by atoms with Crippen molar-refractivity contribution in [2.24, 2.45) is 5.73 Å². The summed E-state index contributed by atoms with van der Waals surface area (Å²) < 4.78 is 37.0. The van der Waals surface area contributed by atoms with Gasteiger partial charge in [0.2, 0.25) is 5.91 Å². The van der Waals surface area contributed by atoms with Crippen LogP contribution in [0.2, 0.25) is 0 Å². The van der Waals surface area contributed by atoms with Crippen molar-refractivity contribution >= 4 is 5.91 Å². The Morgan fingerprint density at radius 3 is 2.69 bits per heavy atom. The first kappa shape index (κ1) is 12.5. The highest BCUT2D eigenvalue weighted by molar-refractivity contribution is 5.86. The van der Waals surface area contributed by atoms with Crippen molar-refractivity contribution in [3.05, 3.63) is 18.0 Å². The number of halogens is 3. The maximum atomic E-state index is 12.3. The van der Waals surface area contributed by atoms with Gasteiger partial charge in [-0.1, -0.05) is 0 Å². The third kappa shape index (κ3) is 2.51. The Labute approximate surface area is 89.2 Å². The molecule has 0 radical (unpaired) electrons. The minimum absolute atomic E-state index is 0.0816. The predicted molar refractivity (Wildman–Crippen MR) is 49.1 cm³/mol. The zero-order valence-electron chi connectivity index (χ0n) is 8.43. The Balaban J connectivity index is 2.59. The van der Waals surface area contributed by atoms with Crippen molar-refractivity contribution < 1.29 is 18.0 Å². The maximum absolute atomic E-state index is 12.3. The van der Waals surface area contributed by atoms with Gasteiger partial charge in [0.05, 0.1) is 12.2 Å². The highest BCUT2D eigenvalue weighted by atomic mass is 19.4. The number of alkyl halides is 3. The Morgan fingerprint density at radius 1 is 1.62 bits per heavy atom. The second-order valence-electron chi connectivity index (χ2n) is 3.46. The van der Waals surface area contributed by atoms with E-state index in [0.29, 0.717) is 12.6 Å². The first-order valence-electron chi connectivity index (χ1n) is 4.37. The third-order valence-electron chi connectivity index (χ3n) is 2.06. The SMILES string of the molecule is CC(N)(C(=O)NCc1ccn[nH]1)C(F)(F)F. The number of nitrogens with one attached hydrogen (secondary N) is 2. The van der Waals surface area contributed by atoms with Crippen LogP contribution in [0.4, 0.5) is 13.2 Å². The molecule has 8 heteroatoms. The van der Waals surface area contributed by atoms with Gasteiger partial charge in [0, 0.05) is 6.20 Å². The van der Waals surface area contributed by atoms with Crippen molar-refractivity contribution in [3.63, 3.8) is 0 Å². The highest BCUT2D eigenvalue weighted by Gasteiger charge is 2.53. The van der Waals surface area contributed by atoms with E-state index in [1.54, 1.807) is 0 Å². The average Bonchev–Trinajstić information content (AvgIpc) is 2.64. The molecule has 5 nitrogen and oxygen atoms in total. The summed E-state index contributed by atoms with van der Waals surface area (Å²) in [5.74, 6) is -1.28. The van der Waals surface area contributed by atoms with Crippen LogP contribution in [0, 0.1) is 0 Å². The average molecular weight is 236 g/mol. The Bertz CT molecular complexity index is 358. The molecule has 0 aliphatic carbocycles. The minimum Gasteiger partial charge on any atom is -0.349 e. The summed E-state index contributed by atoms with van der Waals surface area (Å²) in [7, 11) is 0. The zero-order valence-corrected chi connectivity index (χ0v) is 8.43. The summed E-state index contributed by atoms with van der Waals surface area (Å²) in [6, 6.07) is 1.53. The van der Waals surface area contributed by atoms with Gasteiger partial charge in [0.25, 0.3) is 0 Å². The maximum Gasteiger partial charge on any atom is 0.415 e. The van der Waals surface area contributed by atoms with E-state index in [0.717, 1.165) is 0 Å². The molecule has 1 amide bonds. The molecule has 1 heterocycles. The van der Waals surface area contributed by atoms with Crippen molar-refractivity contribution in [2.45, 2.75) is 25.2 Å². The van der Waals surface area contributed by atoms with E-state index in [1.165, 1.54) is 12.3 Å². The predicted octanol–water partition coefficient (Wildman–Crippen LogP) is 0.306. The smallest absolute Gasteiger partial charge is 0.349 e. The number of nitrogens with zero attached hydrogens (tertiary/aromatic N) is 1. The normalized spacial score (nSPS) is 15.6. The summed E-state index contributed by atoms with van der Waals surface area (Å²) >= 11 is 0. The Kier molecular flexibility index (Phi) is 3.22. The van der Waals surface area contributed by atoms with E-state index in [1.807, 2.05) is 0 Å². The van der Waals surface area contributed by atoms with Gasteiger partial charge in [-0.25, -0.2) is 0 Å². The molecule has 1 aromatic rings. The summed E-state index contributed by atoms with van der Waals surface area (Å²) in [5.41, 5.74) is 2.51. The molecule has 0 aliphatic heterocycles. The summed E-state index contributed by atoms with van der Waals surface area (Å²) in [4.78, 5) is 11.2. The molecule has 1 rings (SSSR count).